The van der Waals surface area contributed by atoms with E-state index in [1.54, 1.807) is 11.3 Å². The Kier molecular flexibility index (Phi) is 9.75. The molecule has 0 unspecified atom stereocenters. The molecule has 0 amide bonds. The zero-order chi connectivity index (χ0) is 28.1. The highest BCUT2D eigenvalue weighted by Crippen LogP contribution is 2.34. The van der Waals surface area contributed by atoms with E-state index in [1.807, 2.05) is 36.4 Å². The van der Waals surface area contributed by atoms with Crippen molar-refractivity contribution in [2.24, 2.45) is 0 Å². The fourth-order valence-electron chi connectivity index (χ4n) is 5.56. The first-order chi connectivity index (χ1) is 19.9. The third kappa shape index (κ3) is 6.45. The molecule has 2 aromatic carbocycles. The van der Waals surface area contributed by atoms with Crippen LogP contribution < -0.4 is 0 Å². The number of fused-ring (bicyclic) bond motifs is 2. The summed E-state index contributed by atoms with van der Waals surface area (Å²) in [5.74, 6) is 2.78. The number of nitrogens with one attached hydrogen (secondary N) is 4. The van der Waals surface area contributed by atoms with Gasteiger partial charge >= 0.3 is 0 Å². The first-order valence-corrected chi connectivity index (χ1v) is 14.9. The average Bonchev–Trinajstić information content (AvgIpc) is 3.74. The molecule has 0 radical (unpaired) electrons. The number of benzene rings is 2. The second-order valence-corrected chi connectivity index (χ2v) is 12.2. The summed E-state index contributed by atoms with van der Waals surface area (Å²) in [5, 5.41) is 17.5. The number of hydrogen-bond donors (Lipinski definition) is 4. The molecule has 0 bridgehead atoms. The van der Waals surface area contributed by atoms with Gasteiger partial charge in [-0.2, -0.15) is 0 Å². The zero-order valence-corrected chi connectivity index (χ0v) is 29.7. The first kappa shape index (κ1) is 31.8. The summed E-state index contributed by atoms with van der Waals surface area (Å²) in [6.07, 6.45) is 0. The van der Waals surface area contributed by atoms with Gasteiger partial charge < -0.3 is 29.6 Å². The van der Waals surface area contributed by atoms with Crippen molar-refractivity contribution in [3.05, 3.63) is 59.7 Å². The molecule has 3 aromatic heterocycles. The third-order valence-corrected chi connectivity index (χ3v) is 9.32. The number of nitrogens with zero attached hydrogens (tertiary/aromatic N) is 6. The molecule has 5 aromatic rings. The van der Waals surface area contributed by atoms with Crippen molar-refractivity contribution in [2.75, 3.05) is 66.5 Å². The molecule has 0 atom stereocenters. The van der Waals surface area contributed by atoms with Crippen molar-refractivity contribution in [3.8, 4) is 21.4 Å². The van der Waals surface area contributed by atoms with Crippen molar-refractivity contribution < 1.29 is 0 Å². The molecule has 0 saturated carbocycles. The molecule has 0 aliphatic carbocycles. The van der Waals surface area contributed by atoms with Crippen molar-refractivity contribution in [2.45, 2.75) is 0 Å². The molecule has 2 saturated heterocycles. The van der Waals surface area contributed by atoms with Crippen LogP contribution in [-0.4, -0.2) is 118 Å². The molecular formula is C30H36I2N10S. The lowest BCUT2D eigenvalue weighted by Crippen LogP contribution is -2.47. The van der Waals surface area contributed by atoms with Gasteiger partial charge in [0.05, 0.1) is 31.8 Å². The standard InChI is InChI=1S/C30H34N10S.2HI/c1-37-9-13-39(14-10-37)27(31)19-3-5-21-23(17-19)35-29(33-21)25-7-8-26(41-25)30-34-22-6-4-20(18-24(22)36-30)28(32)40-15-11-38(2)12-16-40;;/h3-8,17-18,31-32H,9-16H2,1-2H3,(H,33,35)(H,34,36);2*1H. The highest BCUT2D eigenvalue weighted by molar-refractivity contribution is 14.0. The zero-order valence-electron chi connectivity index (χ0n) is 24.2. The monoisotopic (exact) mass is 822 g/mol. The minimum absolute atomic E-state index is 0. The Morgan fingerprint density at radius 1 is 0.628 bits per heavy atom. The Balaban J connectivity index is 0.00000184. The lowest BCUT2D eigenvalue weighted by molar-refractivity contribution is 0.215. The molecule has 0 spiro atoms. The first-order valence-electron chi connectivity index (χ1n) is 14.1. The fourth-order valence-corrected chi connectivity index (χ4v) is 6.46. The smallest absolute Gasteiger partial charge is 0.148 e. The molecule has 13 heteroatoms. The number of aromatic amines is 2. The van der Waals surface area contributed by atoms with Crippen LogP contribution in [0.15, 0.2) is 48.5 Å². The molecule has 226 valence electrons. The fraction of sp³-hybridized carbons (Fsp3) is 0.333. The van der Waals surface area contributed by atoms with Crippen LogP contribution in [-0.2, 0) is 0 Å². The number of aromatic nitrogens is 4. The van der Waals surface area contributed by atoms with Gasteiger partial charge in [0, 0.05) is 63.5 Å². The largest absolute Gasteiger partial charge is 0.354 e. The van der Waals surface area contributed by atoms with Gasteiger partial charge in [0.2, 0.25) is 0 Å². The van der Waals surface area contributed by atoms with E-state index in [0.29, 0.717) is 11.7 Å². The number of piperazine rings is 2. The van der Waals surface area contributed by atoms with Crippen LogP contribution in [0.2, 0.25) is 0 Å². The van der Waals surface area contributed by atoms with E-state index in [1.165, 1.54) is 0 Å². The van der Waals surface area contributed by atoms with Crippen LogP contribution >= 0.6 is 59.3 Å². The SMILES string of the molecule is CN1CCN(C(=N)c2ccc3nc(-c4ccc(-c5nc6ccc(C(=N)N7CCN(C)CC7)cc6[nH]5)s4)[nH]c3c2)CC1.I.I. The van der Waals surface area contributed by atoms with Gasteiger partial charge in [-0.3, -0.25) is 10.8 Å². The number of imidazole rings is 2. The van der Waals surface area contributed by atoms with E-state index in [2.05, 4.69) is 55.8 Å². The summed E-state index contributed by atoms with van der Waals surface area (Å²) < 4.78 is 0. The summed E-state index contributed by atoms with van der Waals surface area (Å²) in [7, 11) is 4.25. The molecule has 7 rings (SSSR count). The van der Waals surface area contributed by atoms with Gasteiger partial charge in [0.25, 0.3) is 0 Å². The second kappa shape index (κ2) is 13.2. The van der Waals surface area contributed by atoms with Crippen molar-refractivity contribution in [3.63, 3.8) is 0 Å². The normalized spacial score (nSPS) is 16.3. The lowest BCUT2D eigenvalue weighted by Gasteiger charge is -2.34. The van der Waals surface area contributed by atoms with Gasteiger partial charge in [-0.1, -0.05) is 0 Å². The minimum Gasteiger partial charge on any atom is -0.354 e. The number of likely N-dealkylation sites (N-methyl/N-ethyl adjacent to an activating group) is 2. The quantitative estimate of drug-likeness (QED) is 0.112. The topological polar surface area (TPSA) is 118 Å². The maximum Gasteiger partial charge on any atom is 0.148 e. The maximum absolute atomic E-state index is 8.73. The predicted molar refractivity (Wildman–Crippen MR) is 197 cm³/mol. The second-order valence-electron chi connectivity index (χ2n) is 11.1. The number of rotatable bonds is 4. The Labute approximate surface area is 288 Å². The predicted octanol–water partition coefficient (Wildman–Crippen LogP) is 5.22. The molecule has 4 N–H and O–H groups in total. The Morgan fingerprint density at radius 2 is 1.02 bits per heavy atom. The van der Waals surface area contributed by atoms with E-state index in [9.17, 15) is 0 Å². The van der Waals surface area contributed by atoms with Gasteiger partial charge in [0.15, 0.2) is 0 Å². The Morgan fingerprint density at radius 3 is 1.42 bits per heavy atom. The Hall–Kier alpha value is -2.60. The summed E-state index contributed by atoms with van der Waals surface area (Å²) in [5.41, 5.74) is 5.47. The summed E-state index contributed by atoms with van der Waals surface area (Å²) in [4.78, 5) is 27.6. The van der Waals surface area contributed by atoms with E-state index < -0.39 is 0 Å². The van der Waals surface area contributed by atoms with E-state index in [-0.39, 0.29) is 48.0 Å². The third-order valence-electron chi connectivity index (χ3n) is 8.22. The van der Waals surface area contributed by atoms with Crippen molar-refractivity contribution >= 4 is 93.0 Å². The van der Waals surface area contributed by atoms with Gasteiger partial charge in [-0.25, -0.2) is 9.97 Å². The summed E-state index contributed by atoms with van der Waals surface area (Å²) >= 11 is 1.64. The van der Waals surface area contributed by atoms with E-state index in [4.69, 9.17) is 20.8 Å². The lowest BCUT2D eigenvalue weighted by atomic mass is 10.1. The Bertz CT molecular complexity index is 1630. The van der Waals surface area contributed by atoms with Crippen LogP contribution in [0.5, 0.6) is 0 Å². The van der Waals surface area contributed by atoms with Crippen molar-refractivity contribution in [1.82, 2.24) is 39.5 Å². The molecule has 5 heterocycles. The summed E-state index contributed by atoms with van der Waals surface area (Å²) in [6, 6.07) is 16.2. The van der Waals surface area contributed by atoms with Crippen LogP contribution in [0.25, 0.3) is 43.5 Å². The number of halogens is 2. The average molecular weight is 823 g/mol. The number of hydrogen-bond acceptors (Lipinski definition) is 7. The molecule has 2 fully saturated rings. The van der Waals surface area contributed by atoms with Gasteiger partial charge in [-0.15, -0.1) is 59.3 Å². The maximum atomic E-state index is 8.73. The van der Waals surface area contributed by atoms with Crippen LogP contribution in [0.4, 0.5) is 0 Å². The highest BCUT2D eigenvalue weighted by atomic mass is 127. The van der Waals surface area contributed by atoms with Gasteiger partial charge in [0.1, 0.15) is 23.3 Å². The molecular weight excluding hydrogens is 786 g/mol. The summed E-state index contributed by atoms with van der Waals surface area (Å²) in [6.45, 7) is 7.42. The van der Waals surface area contributed by atoms with Gasteiger partial charge in [-0.05, 0) is 62.6 Å². The molecule has 43 heavy (non-hydrogen) atoms. The van der Waals surface area contributed by atoms with Crippen LogP contribution in [0.3, 0.4) is 0 Å². The molecule has 2 aliphatic rings. The minimum atomic E-state index is 0. The number of amidine groups is 2. The van der Waals surface area contributed by atoms with Crippen LogP contribution in [0.1, 0.15) is 11.1 Å². The van der Waals surface area contributed by atoms with E-state index >= 15 is 0 Å². The van der Waals surface area contributed by atoms with Crippen LogP contribution in [0, 0.1) is 10.8 Å². The highest BCUT2D eigenvalue weighted by Gasteiger charge is 2.20. The number of H-pyrrole nitrogens is 2. The van der Waals surface area contributed by atoms with E-state index in [0.717, 1.165) is 107 Å². The number of thiophene rings is 1. The molecule has 10 nitrogen and oxygen atoms in total. The van der Waals surface area contributed by atoms with Crippen molar-refractivity contribution in [1.29, 1.82) is 10.8 Å². The molecule has 2 aliphatic heterocycles.